The summed E-state index contributed by atoms with van der Waals surface area (Å²) >= 11 is 0. The van der Waals surface area contributed by atoms with Gasteiger partial charge < -0.3 is 8.83 Å². The van der Waals surface area contributed by atoms with E-state index in [2.05, 4.69) is 0 Å². The van der Waals surface area contributed by atoms with Crippen molar-refractivity contribution in [3.8, 4) is 28.1 Å². The first-order chi connectivity index (χ1) is 17.4. The fourth-order valence-corrected chi connectivity index (χ4v) is 4.82. The van der Waals surface area contributed by atoms with Crippen molar-refractivity contribution in [1.29, 1.82) is 0 Å². The maximum absolute atomic E-state index is 12.0. The number of aryl methyl sites for hydroxylation is 2. The highest BCUT2D eigenvalue weighted by atomic mass is 16.4. The minimum Gasteiger partial charge on any atom is -0.423 e. The fraction of sp³-hybridized carbons (Fsp3) is 0.100. The molecule has 0 saturated carbocycles. The van der Waals surface area contributed by atoms with Crippen LogP contribution in [-0.2, 0) is 0 Å². The third-order valence-corrected chi connectivity index (χ3v) is 6.58. The Balaban J connectivity index is 1.62. The zero-order valence-corrected chi connectivity index (χ0v) is 20.0. The van der Waals surface area contributed by atoms with Crippen LogP contribution in [0.3, 0.4) is 0 Å². The summed E-state index contributed by atoms with van der Waals surface area (Å²) in [5.74, 6) is 0. The van der Waals surface area contributed by atoms with Crippen molar-refractivity contribution in [3.05, 3.63) is 117 Å². The third kappa shape index (κ3) is 3.55. The van der Waals surface area contributed by atoms with Gasteiger partial charge in [-0.25, -0.2) is 14.3 Å². The lowest BCUT2D eigenvalue weighted by atomic mass is 9.97. The lowest BCUT2D eigenvalue weighted by Crippen LogP contribution is -2.02. The van der Waals surface area contributed by atoms with Gasteiger partial charge in [0.05, 0.1) is 5.69 Å². The van der Waals surface area contributed by atoms with Crippen molar-refractivity contribution in [2.45, 2.75) is 20.8 Å². The van der Waals surface area contributed by atoms with E-state index in [4.69, 9.17) is 13.9 Å². The van der Waals surface area contributed by atoms with Crippen LogP contribution in [0.5, 0.6) is 0 Å². The Morgan fingerprint density at radius 3 is 1.94 bits per heavy atom. The topological polar surface area (TPSA) is 78.2 Å². The van der Waals surface area contributed by atoms with Gasteiger partial charge in [-0.2, -0.15) is 5.10 Å². The molecule has 3 aromatic carbocycles. The van der Waals surface area contributed by atoms with Crippen LogP contribution in [0.1, 0.15) is 16.8 Å². The Labute approximate surface area is 206 Å². The van der Waals surface area contributed by atoms with E-state index >= 15 is 0 Å². The molecule has 6 aromatic rings. The molecular formula is C30H22N2O4. The van der Waals surface area contributed by atoms with Crippen LogP contribution < -0.4 is 11.3 Å². The van der Waals surface area contributed by atoms with Crippen molar-refractivity contribution in [2.75, 3.05) is 0 Å². The Morgan fingerprint density at radius 2 is 1.28 bits per heavy atom. The minimum absolute atomic E-state index is 0.374. The van der Waals surface area contributed by atoms with Crippen LogP contribution in [-0.4, -0.2) is 9.78 Å². The van der Waals surface area contributed by atoms with Gasteiger partial charge in [0, 0.05) is 45.8 Å². The van der Waals surface area contributed by atoms with Gasteiger partial charge in [0.25, 0.3) is 0 Å². The summed E-state index contributed by atoms with van der Waals surface area (Å²) in [5, 5.41) is 6.77. The summed E-state index contributed by atoms with van der Waals surface area (Å²) in [7, 11) is 0. The molecule has 6 heteroatoms. The first kappa shape index (κ1) is 21.8. The monoisotopic (exact) mass is 474 g/mol. The molecule has 3 aromatic heterocycles. The lowest BCUT2D eigenvalue weighted by Gasteiger charge is -2.08. The third-order valence-electron chi connectivity index (χ3n) is 6.58. The van der Waals surface area contributed by atoms with Crippen LogP contribution in [0.2, 0.25) is 0 Å². The molecule has 3 heterocycles. The molecule has 0 aliphatic rings. The van der Waals surface area contributed by atoms with Gasteiger partial charge in [-0.15, -0.1) is 0 Å². The van der Waals surface area contributed by atoms with Crippen LogP contribution >= 0.6 is 0 Å². The van der Waals surface area contributed by atoms with Gasteiger partial charge in [-0.05, 0) is 55.7 Å². The number of benzene rings is 3. The van der Waals surface area contributed by atoms with Crippen LogP contribution in [0.15, 0.2) is 97.3 Å². The van der Waals surface area contributed by atoms with E-state index in [0.717, 1.165) is 55.7 Å². The molecule has 0 amide bonds. The molecule has 0 bridgehead atoms. The van der Waals surface area contributed by atoms with Crippen molar-refractivity contribution in [3.63, 3.8) is 0 Å². The number of hydrogen-bond acceptors (Lipinski definition) is 5. The molecule has 0 N–H and O–H groups in total. The minimum atomic E-state index is -0.382. The fourth-order valence-electron chi connectivity index (χ4n) is 4.82. The average molecular weight is 475 g/mol. The summed E-state index contributed by atoms with van der Waals surface area (Å²) in [4.78, 5) is 24.0. The van der Waals surface area contributed by atoms with Crippen molar-refractivity contribution < 1.29 is 8.83 Å². The van der Waals surface area contributed by atoms with Crippen LogP contribution in [0.4, 0.5) is 0 Å². The molecule has 36 heavy (non-hydrogen) atoms. The molecule has 176 valence electrons. The summed E-state index contributed by atoms with van der Waals surface area (Å²) in [6, 6.07) is 24.6. The predicted octanol–water partition coefficient (Wildman–Crippen LogP) is 6.34. The van der Waals surface area contributed by atoms with E-state index in [1.807, 2.05) is 92.2 Å². The van der Waals surface area contributed by atoms with Crippen LogP contribution in [0, 0.1) is 20.8 Å². The molecule has 0 unspecified atom stereocenters. The molecule has 0 fully saturated rings. The largest absolute Gasteiger partial charge is 0.423 e. The number of rotatable bonds is 3. The van der Waals surface area contributed by atoms with Gasteiger partial charge in [0.1, 0.15) is 16.9 Å². The normalized spacial score (nSPS) is 11.4. The summed E-state index contributed by atoms with van der Waals surface area (Å²) < 4.78 is 12.9. The first-order valence-corrected chi connectivity index (χ1v) is 11.6. The van der Waals surface area contributed by atoms with E-state index in [-0.39, 0.29) is 11.3 Å². The van der Waals surface area contributed by atoms with E-state index in [1.165, 1.54) is 12.1 Å². The average Bonchev–Trinajstić information content (AvgIpc) is 3.20. The van der Waals surface area contributed by atoms with Gasteiger partial charge in [-0.1, -0.05) is 42.5 Å². The first-order valence-electron chi connectivity index (χ1n) is 11.6. The highest BCUT2D eigenvalue weighted by molar-refractivity contribution is 5.90. The molecule has 0 atom stereocenters. The van der Waals surface area contributed by atoms with E-state index in [9.17, 15) is 9.59 Å². The van der Waals surface area contributed by atoms with Gasteiger partial charge in [0.2, 0.25) is 0 Å². The van der Waals surface area contributed by atoms with Gasteiger partial charge >= 0.3 is 11.3 Å². The van der Waals surface area contributed by atoms with E-state index < -0.39 is 0 Å². The maximum atomic E-state index is 12.0. The quantitative estimate of drug-likeness (QED) is 0.280. The lowest BCUT2D eigenvalue weighted by molar-refractivity contribution is 0.559. The van der Waals surface area contributed by atoms with Crippen molar-refractivity contribution in [2.24, 2.45) is 0 Å². The van der Waals surface area contributed by atoms with Crippen LogP contribution in [0.25, 0.3) is 50.0 Å². The Hall–Kier alpha value is -4.71. The number of nitrogens with zero attached hydrogens (tertiary/aromatic N) is 2. The molecule has 6 nitrogen and oxygen atoms in total. The number of aromatic nitrogens is 2. The Morgan fingerprint density at radius 1 is 0.667 bits per heavy atom. The maximum Gasteiger partial charge on any atom is 0.336 e. The molecule has 0 spiro atoms. The molecule has 6 rings (SSSR count). The van der Waals surface area contributed by atoms with Crippen molar-refractivity contribution >= 4 is 21.9 Å². The highest BCUT2D eigenvalue weighted by Crippen LogP contribution is 2.37. The number of fused-ring (bicyclic) bond motifs is 2. The van der Waals surface area contributed by atoms with Crippen molar-refractivity contribution in [1.82, 2.24) is 9.78 Å². The van der Waals surface area contributed by atoms with E-state index in [0.29, 0.717) is 11.2 Å². The number of hydrogen-bond donors (Lipinski definition) is 0. The molecule has 0 radical (unpaired) electrons. The zero-order valence-electron chi connectivity index (χ0n) is 20.0. The molecular weight excluding hydrogens is 452 g/mol. The molecule has 0 aliphatic heterocycles. The zero-order chi connectivity index (χ0) is 25.0. The molecule has 0 saturated heterocycles. The Kier molecular flexibility index (Phi) is 4.97. The predicted molar refractivity (Wildman–Crippen MR) is 141 cm³/mol. The second-order valence-corrected chi connectivity index (χ2v) is 8.98. The summed E-state index contributed by atoms with van der Waals surface area (Å²) in [6.45, 7) is 5.79. The summed E-state index contributed by atoms with van der Waals surface area (Å²) in [5.41, 5.74) is 7.29. The second-order valence-electron chi connectivity index (χ2n) is 8.98. The van der Waals surface area contributed by atoms with Gasteiger partial charge in [-0.3, -0.25) is 0 Å². The Bertz CT molecular complexity index is 1910. The SMILES string of the molecule is Cc1cc(=O)oc2cc(-c3c(-c4ccccc4)nn(-c4ccc5c(C)cc(=O)oc5c4)c3C)ccc12. The standard InChI is InChI=1S/C30H22N2O4/c1-17-13-27(33)35-25-15-21(9-11-23(17)25)29-19(3)32(31-30(29)20-7-5-4-6-8-20)22-10-12-24-18(2)14-28(34)36-26(24)16-22/h4-16H,1-3H3. The summed E-state index contributed by atoms with van der Waals surface area (Å²) in [6.07, 6.45) is 0. The smallest absolute Gasteiger partial charge is 0.336 e. The highest BCUT2D eigenvalue weighted by Gasteiger charge is 2.20. The van der Waals surface area contributed by atoms with E-state index in [1.54, 1.807) is 0 Å². The van der Waals surface area contributed by atoms with Gasteiger partial charge in [0.15, 0.2) is 0 Å². The molecule has 0 aliphatic carbocycles. The second kappa shape index (κ2) is 8.20.